The highest BCUT2D eigenvalue weighted by atomic mass is 35.5. The lowest BCUT2D eigenvalue weighted by atomic mass is 9.55. The summed E-state index contributed by atoms with van der Waals surface area (Å²) in [5.41, 5.74) is 1.88. The Morgan fingerprint density at radius 1 is 1.09 bits per heavy atom. The third-order valence-corrected chi connectivity index (χ3v) is 5.46. The van der Waals surface area contributed by atoms with Crippen molar-refractivity contribution in [2.75, 3.05) is 12.0 Å². The summed E-state index contributed by atoms with van der Waals surface area (Å²) in [5.74, 6) is 1.04. The molecule has 2 aromatic rings. The van der Waals surface area contributed by atoms with Gasteiger partial charge in [-0.1, -0.05) is 30.2 Å². The lowest BCUT2D eigenvalue weighted by Gasteiger charge is -2.60. The molecule has 0 aromatic heterocycles. The van der Waals surface area contributed by atoms with E-state index >= 15 is 0 Å². The number of carbonyl (C=O) groups is 1. The minimum absolute atomic E-state index is 0.106. The Bertz CT molecular complexity index is 735. The molecule has 1 aliphatic carbocycles. The molecule has 1 atom stereocenters. The molecule has 2 aromatic carbocycles. The van der Waals surface area contributed by atoms with Crippen LogP contribution < -0.4 is 9.64 Å². The summed E-state index contributed by atoms with van der Waals surface area (Å²) in [6.07, 6.45) is 3.09. The van der Waals surface area contributed by atoms with Gasteiger partial charge in [0.05, 0.1) is 18.6 Å². The van der Waals surface area contributed by atoms with Crippen molar-refractivity contribution < 1.29 is 9.53 Å². The molecule has 1 saturated carbocycles. The fourth-order valence-corrected chi connectivity index (χ4v) is 3.95. The Labute approximate surface area is 140 Å². The standard InChI is InChI=1S/C19H18ClNO2/c1-23-16-9-7-15(8-10-16)21-17(13-3-5-14(20)6-4-13)19(18(21)22)11-2-12-19/h3-10,17H,2,11-12H2,1H3. The molecule has 1 spiro atoms. The highest BCUT2D eigenvalue weighted by Crippen LogP contribution is 2.62. The van der Waals surface area contributed by atoms with Crippen LogP contribution >= 0.6 is 11.6 Å². The average Bonchev–Trinajstić information content (AvgIpc) is 2.53. The number of hydrogen-bond donors (Lipinski definition) is 0. The summed E-state index contributed by atoms with van der Waals surface area (Å²) < 4.78 is 5.21. The molecule has 4 rings (SSSR count). The number of amides is 1. The summed E-state index contributed by atoms with van der Waals surface area (Å²) in [5, 5.41) is 0.720. The Morgan fingerprint density at radius 2 is 1.74 bits per heavy atom. The first-order valence-corrected chi connectivity index (χ1v) is 8.27. The van der Waals surface area contributed by atoms with Gasteiger partial charge in [0.2, 0.25) is 5.91 Å². The van der Waals surface area contributed by atoms with E-state index in [0.717, 1.165) is 41.3 Å². The molecule has 4 heteroatoms. The smallest absolute Gasteiger partial charge is 0.236 e. The van der Waals surface area contributed by atoms with E-state index in [1.54, 1.807) is 7.11 Å². The summed E-state index contributed by atoms with van der Waals surface area (Å²) >= 11 is 6.02. The zero-order valence-corrected chi connectivity index (χ0v) is 13.7. The van der Waals surface area contributed by atoms with E-state index in [-0.39, 0.29) is 17.4 Å². The van der Waals surface area contributed by atoms with Crippen molar-refractivity contribution in [3.05, 3.63) is 59.1 Å². The molecule has 0 radical (unpaired) electrons. The van der Waals surface area contributed by atoms with Crippen LogP contribution in [0.15, 0.2) is 48.5 Å². The van der Waals surface area contributed by atoms with Gasteiger partial charge in [-0.25, -0.2) is 0 Å². The van der Waals surface area contributed by atoms with E-state index < -0.39 is 0 Å². The number of nitrogens with zero attached hydrogens (tertiary/aromatic N) is 1. The number of hydrogen-bond acceptors (Lipinski definition) is 2. The zero-order chi connectivity index (χ0) is 16.0. The fourth-order valence-electron chi connectivity index (χ4n) is 3.82. The molecule has 1 heterocycles. The second kappa shape index (κ2) is 5.27. The van der Waals surface area contributed by atoms with Gasteiger partial charge in [0.1, 0.15) is 5.75 Å². The fraction of sp³-hybridized carbons (Fsp3) is 0.316. The third-order valence-electron chi connectivity index (χ3n) is 5.21. The molecule has 2 fully saturated rings. The molecule has 2 aliphatic rings. The van der Waals surface area contributed by atoms with Gasteiger partial charge in [0.15, 0.2) is 0 Å². The molecule has 1 amide bonds. The first kappa shape index (κ1) is 14.6. The number of halogens is 1. The number of ether oxygens (including phenoxy) is 1. The van der Waals surface area contributed by atoms with Crippen LogP contribution in [0.3, 0.4) is 0 Å². The van der Waals surface area contributed by atoms with E-state index in [2.05, 4.69) is 0 Å². The van der Waals surface area contributed by atoms with Crippen molar-refractivity contribution in [1.82, 2.24) is 0 Å². The molecule has 23 heavy (non-hydrogen) atoms. The number of β-lactam (4-membered cyclic amide) rings is 1. The molecular formula is C19H18ClNO2. The highest BCUT2D eigenvalue weighted by Gasteiger charge is 2.64. The maximum Gasteiger partial charge on any atom is 0.236 e. The van der Waals surface area contributed by atoms with Crippen molar-refractivity contribution in [3.63, 3.8) is 0 Å². The van der Waals surface area contributed by atoms with Crippen molar-refractivity contribution in [2.24, 2.45) is 5.41 Å². The van der Waals surface area contributed by atoms with Crippen LogP contribution in [0.1, 0.15) is 30.9 Å². The monoisotopic (exact) mass is 327 g/mol. The predicted molar refractivity (Wildman–Crippen MR) is 91.0 cm³/mol. The number of carbonyl (C=O) groups excluding carboxylic acids is 1. The van der Waals surface area contributed by atoms with Gasteiger partial charge < -0.3 is 9.64 Å². The molecule has 118 valence electrons. The Morgan fingerprint density at radius 3 is 2.26 bits per heavy atom. The van der Waals surface area contributed by atoms with Gasteiger partial charge in [-0.2, -0.15) is 0 Å². The highest BCUT2D eigenvalue weighted by molar-refractivity contribution is 6.30. The summed E-state index contributed by atoms with van der Waals surface area (Å²) in [4.78, 5) is 14.8. The van der Waals surface area contributed by atoms with E-state index in [4.69, 9.17) is 16.3 Å². The molecule has 0 N–H and O–H groups in total. The Balaban J connectivity index is 1.72. The SMILES string of the molecule is COc1ccc(N2C(=O)C3(CCC3)C2c2ccc(Cl)cc2)cc1. The molecule has 1 saturated heterocycles. The predicted octanol–water partition coefficient (Wildman–Crippen LogP) is 4.61. The van der Waals surface area contributed by atoms with Gasteiger partial charge >= 0.3 is 0 Å². The zero-order valence-electron chi connectivity index (χ0n) is 13.0. The third kappa shape index (κ3) is 2.07. The minimum Gasteiger partial charge on any atom is -0.497 e. The lowest BCUT2D eigenvalue weighted by Crippen LogP contribution is -2.66. The van der Waals surface area contributed by atoms with E-state index in [0.29, 0.717) is 0 Å². The van der Waals surface area contributed by atoms with Crippen molar-refractivity contribution in [2.45, 2.75) is 25.3 Å². The minimum atomic E-state index is -0.201. The maximum atomic E-state index is 12.8. The van der Waals surface area contributed by atoms with E-state index in [1.807, 2.05) is 53.4 Å². The summed E-state index contributed by atoms with van der Waals surface area (Å²) in [7, 11) is 1.64. The molecule has 1 aliphatic heterocycles. The van der Waals surface area contributed by atoms with Crippen LogP contribution in [0.2, 0.25) is 5.02 Å². The molecule has 3 nitrogen and oxygen atoms in total. The van der Waals surface area contributed by atoms with Crippen LogP contribution in [0.5, 0.6) is 5.75 Å². The number of anilines is 1. The molecular weight excluding hydrogens is 310 g/mol. The maximum absolute atomic E-state index is 12.8. The second-order valence-corrected chi connectivity index (χ2v) is 6.77. The van der Waals surface area contributed by atoms with Crippen LogP contribution in [0.25, 0.3) is 0 Å². The van der Waals surface area contributed by atoms with Crippen LogP contribution in [-0.4, -0.2) is 13.0 Å². The molecule has 0 bridgehead atoms. The van der Waals surface area contributed by atoms with Gasteiger partial charge in [-0.05, 0) is 54.8 Å². The Hall–Kier alpha value is -2.00. The van der Waals surface area contributed by atoms with Crippen LogP contribution in [0.4, 0.5) is 5.69 Å². The van der Waals surface area contributed by atoms with Gasteiger partial charge in [0.25, 0.3) is 0 Å². The summed E-state index contributed by atoms with van der Waals surface area (Å²) in [6, 6.07) is 15.7. The van der Waals surface area contributed by atoms with E-state index in [1.165, 1.54) is 0 Å². The second-order valence-electron chi connectivity index (χ2n) is 6.34. The van der Waals surface area contributed by atoms with Crippen molar-refractivity contribution >= 4 is 23.2 Å². The van der Waals surface area contributed by atoms with Gasteiger partial charge in [0, 0.05) is 10.7 Å². The number of benzene rings is 2. The lowest BCUT2D eigenvalue weighted by molar-refractivity contribution is -0.148. The first-order chi connectivity index (χ1) is 11.2. The molecule has 1 unspecified atom stereocenters. The average molecular weight is 328 g/mol. The Kier molecular flexibility index (Phi) is 3.34. The quantitative estimate of drug-likeness (QED) is 0.771. The van der Waals surface area contributed by atoms with Crippen molar-refractivity contribution in [3.8, 4) is 5.75 Å². The summed E-state index contributed by atoms with van der Waals surface area (Å²) in [6.45, 7) is 0. The number of methoxy groups -OCH3 is 1. The topological polar surface area (TPSA) is 29.5 Å². The van der Waals surface area contributed by atoms with Crippen LogP contribution in [0, 0.1) is 5.41 Å². The normalized spacial score (nSPS) is 21.7. The van der Waals surface area contributed by atoms with Gasteiger partial charge in [-0.3, -0.25) is 4.79 Å². The first-order valence-electron chi connectivity index (χ1n) is 7.89. The van der Waals surface area contributed by atoms with E-state index in [9.17, 15) is 4.79 Å². The van der Waals surface area contributed by atoms with Gasteiger partial charge in [-0.15, -0.1) is 0 Å². The van der Waals surface area contributed by atoms with Crippen molar-refractivity contribution in [1.29, 1.82) is 0 Å². The van der Waals surface area contributed by atoms with Crippen LogP contribution in [-0.2, 0) is 4.79 Å². The largest absolute Gasteiger partial charge is 0.497 e. The number of rotatable bonds is 3.